The van der Waals surface area contributed by atoms with Crippen LogP contribution in [-0.2, 0) is 13.9 Å². The molecule has 1 aliphatic rings. The summed E-state index contributed by atoms with van der Waals surface area (Å²) in [6, 6.07) is 0. The van der Waals surface area contributed by atoms with Gasteiger partial charge in [0.25, 0.3) is 5.92 Å². The average molecular weight is 396 g/mol. The predicted molar refractivity (Wildman–Crippen MR) is 100 cm³/mol. The highest BCUT2D eigenvalue weighted by atomic mass is 28.4. The molecule has 0 aromatic heterocycles. The second-order valence-corrected chi connectivity index (χ2v) is 14.2. The third-order valence-corrected chi connectivity index (χ3v) is 9.40. The van der Waals surface area contributed by atoms with Crippen molar-refractivity contribution in [2.24, 2.45) is 0 Å². The van der Waals surface area contributed by atoms with Crippen LogP contribution in [0, 0.1) is 0 Å². The first-order valence-electron chi connectivity index (χ1n) is 9.16. The number of carbonyl (C=O) groups excluding carboxylic acids is 1. The standard InChI is InChI=1S/C18H35F2NO4Si/c1-16(2,3)25-15(22)21-10-9-14(18(19,20)13-21)23-11-12-24-26(7,8)17(4,5)6/h14H,9-13H2,1-8H3. The summed E-state index contributed by atoms with van der Waals surface area (Å²) >= 11 is 0. The first-order valence-corrected chi connectivity index (χ1v) is 12.1. The van der Waals surface area contributed by atoms with Crippen LogP contribution in [0.25, 0.3) is 0 Å². The summed E-state index contributed by atoms with van der Waals surface area (Å²) in [6.45, 7) is 15.7. The Morgan fingerprint density at radius 1 is 1.15 bits per heavy atom. The number of hydrogen-bond donors (Lipinski definition) is 0. The zero-order chi connectivity index (χ0) is 20.4. The first-order chi connectivity index (χ1) is 11.6. The fourth-order valence-corrected chi connectivity index (χ4v) is 3.34. The smallest absolute Gasteiger partial charge is 0.410 e. The van der Waals surface area contributed by atoms with Gasteiger partial charge < -0.3 is 18.8 Å². The van der Waals surface area contributed by atoms with E-state index in [1.54, 1.807) is 20.8 Å². The molecule has 0 saturated carbocycles. The van der Waals surface area contributed by atoms with E-state index in [0.29, 0.717) is 6.61 Å². The molecule has 154 valence electrons. The third kappa shape index (κ3) is 6.77. The molecular formula is C18H35F2NO4Si. The molecule has 1 amide bonds. The summed E-state index contributed by atoms with van der Waals surface area (Å²) < 4.78 is 45.2. The van der Waals surface area contributed by atoms with Crippen molar-refractivity contribution >= 4 is 14.4 Å². The highest BCUT2D eigenvalue weighted by molar-refractivity contribution is 6.74. The molecule has 1 rings (SSSR count). The van der Waals surface area contributed by atoms with Gasteiger partial charge in [-0.15, -0.1) is 0 Å². The summed E-state index contributed by atoms with van der Waals surface area (Å²) in [6.07, 6.45) is -1.84. The van der Waals surface area contributed by atoms with Crippen molar-refractivity contribution in [2.75, 3.05) is 26.3 Å². The maximum absolute atomic E-state index is 14.4. The van der Waals surface area contributed by atoms with Gasteiger partial charge in [0, 0.05) is 6.54 Å². The minimum absolute atomic E-state index is 0.0652. The molecule has 0 aliphatic carbocycles. The summed E-state index contributed by atoms with van der Waals surface area (Å²) in [5.41, 5.74) is -0.708. The molecular weight excluding hydrogens is 360 g/mol. The highest BCUT2D eigenvalue weighted by Crippen LogP contribution is 2.36. The molecule has 0 bridgehead atoms. The van der Waals surface area contributed by atoms with Crippen LogP contribution < -0.4 is 0 Å². The maximum Gasteiger partial charge on any atom is 0.410 e. The molecule has 1 fully saturated rings. The number of halogens is 2. The Morgan fingerprint density at radius 3 is 2.19 bits per heavy atom. The van der Waals surface area contributed by atoms with E-state index >= 15 is 0 Å². The number of rotatable bonds is 5. The SMILES string of the molecule is CC(C)(C)OC(=O)N1CCC(OCCO[Si](C)(C)C(C)(C)C)C(F)(F)C1. The van der Waals surface area contributed by atoms with E-state index in [0.717, 1.165) is 4.90 Å². The molecule has 1 saturated heterocycles. The lowest BCUT2D eigenvalue weighted by molar-refractivity contribution is -0.172. The molecule has 5 nitrogen and oxygen atoms in total. The van der Waals surface area contributed by atoms with Gasteiger partial charge in [0.2, 0.25) is 0 Å². The molecule has 0 N–H and O–H groups in total. The Hall–Kier alpha value is -0.733. The zero-order valence-corrected chi connectivity index (χ0v) is 18.4. The van der Waals surface area contributed by atoms with Crippen LogP contribution in [0.1, 0.15) is 48.0 Å². The van der Waals surface area contributed by atoms with Crippen LogP contribution in [0.4, 0.5) is 13.6 Å². The zero-order valence-electron chi connectivity index (χ0n) is 17.4. The van der Waals surface area contributed by atoms with Crippen molar-refractivity contribution < 1.29 is 27.5 Å². The number of piperidine rings is 1. The fourth-order valence-electron chi connectivity index (χ4n) is 2.31. The molecule has 8 heteroatoms. The van der Waals surface area contributed by atoms with E-state index in [2.05, 4.69) is 33.9 Å². The Bertz CT molecular complexity index is 487. The predicted octanol–water partition coefficient (Wildman–Crippen LogP) is 4.67. The van der Waals surface area contributed by atoms with Crippen LogP contribution >= 0.6 is 0 Å². The Kier molecular flexibility index (Phi) is 7.26. The van der Waals surface area contributed by atoms with Gasteiger partial charge in [-0.2, -0.15) is 0 Å². The monoisotopic (exact) mass is 395 g/mol. The average Bonchev–Trinajstić information content (AvgIpc) is 2.41. The molecule has 1 unspecified atom stereocenters. The van der Waals surface area contributed by atoms with E-state index < -0.39 is 38.6 Å². The van der Waals surface area contributed by atoms with Gasteiger partial charge in [0.05, 0.1) is 19.8 Å². The van der Waals surface area contributed by atoms with Gasteiger partial charge >= 0.3 is 6.09 Å². The van der Waals surface area contributed by atoms with Crippen LogP contribution in [0.3, 0.4) is 0 Å². The minimum atomic E-state index is -3.11. The second-order valence-electron chi connectivity index (χ2n) is 9.42. The van der Waals surface area contributed by atoms with Crippen molar-refractivity contribution in [3.63, 3.8) is 0 Å². The number of likely N-dealkylation sites (tertiary alicyclic amines) is 1. The van der Waals surface area contributed by atoms with Crippen LogP contribution in [0.15, 0.2) is 0 Å². The number of nitrogens with zero attached hydrogens (tertiary/aromatic N) is 1. The lowest BCUT2D eigenvalue weighted by atomic mass is 10.0. The number of ether oxygens (including phenoxy) is 2. The number of carbonyl (C=O) groups is 1. The fraction of sp³-hybridized carbons (Fsp3) is 0.944. The van der Waals surface area contributed by atoms with Crippen molar-refractivity contribution in [3.05, 3.63) is 0 Å². The van der Waals surface area contributed by atoms with E-state index in [-0.39, 0.29) is 24.6 Å². The largest absolute Gasteiger partial charge is 0.444 e. The number of hydrogen-bond acceptors (Lipinski definition) is 4. The number of amides is 1. The Morgan fingerprint density at radius 2 is 1.73 bits per heavy atom. The normalized spacial score (nSPS) is 21.6. The maximum atomic E-state index is 14.4. The van der Waals surface area contributed by atoms with Crippen LogP contribution in [-0.4, -0.2) is 63.2 Å². The van der Waals surface area contributed by atoms with Gasteiger partial charge in [-0.1, -0.05) is 20.8 Å². The van der Waals surface area contributed by atoms with Gasteiger partial charge in [-0.3, -0.25) is 0 Å². The molecule has 0 spiro atoms. The topological polar surface area (TPSA) is 48.0 Å². The van der Waals surface area contributed by atoms with Gasteiger partial charge in [0.15, 0.2) is 8.32 Å². The van der Waals surface area contributed by atoms with Crippen molar-refractivity contribution in [3.8, 4) is 0 Å². The summed E-state index contributed by atoms with van der Waals surface area (Å²) in [7, 11) is -1.91. The van der Waals surface area contributed by atoms with Gasteiger partial charge in [-0.25, -0.2) is 13.6 Å². The summed E-state index contributed by atoms with van der Waals surface area (Å²) in [4.78, 5) is 13.0. The van der Waals surface area contributed by atoms with E-state index in [1.165, 1.54) is 0 Å². The molecule has 1 aliphatic heterocycles. The van der Waals surface area contributed by atoms with Crippen molar-refractivity contribution in [1.82, 2.24) is 4.90 Å². The van der Waals surface area contributed by atoms with Gasteiger partial charge in [0.1, 0.15) is 11.7 Å². The lowest BCUT2D eigenvalue weighted by Gasteiger charge is -2.39. The highest BCUT2D eigenvalue weighted by Gasteiger charge is 2.47. The Labute approximate surface area is 157 Å². The van der Waals surface area contributed by atoms with Gasteiger partial charge in [-0.05, 0) is 45.3 Å². The van der Waals surface area contributed by atoms with E-state index in [4.69, 9.17) is 13.9 Å². The summed E-state index contributed by atoms with van der Waals surface area (Å²) in [5.74, 6) is -3.11. The molecule has 1 heterocycles. The lowest BCUT2D eigenvalue weighted by Crippen LogP contribution is -2.55. The second kappa shape index (κ2) is 8.10. The Balaban J connectivity index is 2.48. The minimum Gasteiger partial charge on any atom is -0.444 e. The van der Waals surface area contributed by atoms with Crippen molar-refractivity contribution in [1.29, 1.82) is 0 Å². The van der Waals surface area contributed by atoms with Crippen LogP contribution in [0.2, 0.25) is 18.1 Å². The quantitative estimate of drug-likeness (QED) is 0.501. The molecule has 0 radical (unpaired) electrons. The molecule has 0 aromatic carbocycles. The first kappa shape index (κ1) is 23.3. The molecule has 1 atom stereocenters. The van der Waals surface area contributed by atoms with Crippen molar-refractivity contribution in [2.45, 2.75) is 83.7 Å². The van der Waals surface area contributed by atoms with E-state index in [9.17, 15) is 13.6 Å². The molecule has 26 heavy (non-hydrogen) atoms. The number of alkyl halides is 2. The van der Waals surface area contributed by atoms with E-state index in [1.807, 2.05) is 0 Å². The third-order valence-electron chi connectivity index (χ3n) is 4.86. The van der Waals surface area contributed by atoms with Crippen LogP contribution in [0.5, 0.6) is 0 Å². The summed E-state index contributed by atoms with van der Waals surface area (Å²) in [5, 5.41) is 0.0652. The molecule has 0 aromatic rings.